The predicted molar refractivity (Wildman–Crippen MR) is 208 cm³/mol. The molecule has 4 aliphatic rings. The molecule has 3 heterocycles. The number of carbonyl (C=O) groups is 5. The molecule has 2 aliphatic carbocycles. The number of alkyl carbamates (subject to hydrolysis) is 1. The number of hydrogen-bond acceptors (Lipinski definition) is 10. The van der Waals surface area contributed by atoms with E-state index in [-0.39, 0.29) is 43.0 Å². The number of rotatable bonds is 7. The van der Waals surface area contributed by atoms with Crippen molar-refractivity contribution in [2.45, 2.75) is 98.8 Å². The van der Waals surface area contributed by atoms with Crippen LogP contribution < -0.4 is 15.4 Å². The summed E-state index contributed by atoms with van der Waals surface area (Å²) in [4.78, 5) is 72.2. The SMILES string of the molecule is O=C(N[C@H]1CCCCC/C=C/C2C[C@]2(C(=O)NS(=O)(=O)c2cccs2)NC(=O)[C@@H]2CN(C(=O)OCc3cccc4ccccc34)CCN2C1=O)OC1CCCC1. The van der Waals surface area contributed by atoms with E-state index in [4.69, 9.17) is 9.47 Å². The van der Waals surface area contributed by atoms with Gasteiger partial charge in [-0.25, -0.2) is 22.7 Å². The Morgan fingerprint density at radius 3 is 2.52 bits per heavy atom. The van der Waals surface area contributed by atoms with Crippen LogP contribution in [0.4, 0.5) is 9.59 Å². The molecule has 56 heavy (non-hydrogen) atoms. The van der Waals surface area contributed by atoms with Crippen LogP contribution in [0.5, 0.6) is 0 Å². The summed E-state index contributed by atoms with van der Waals surface area (Å²) in [6.07, 6.45) is 8.79. The largest absolute Gasteiger partial charge is 0.446 e. The number of piperazine rings is 1. The van der Waals surface area contributed by atoms with Gasteiger partial charge in [0, 0.05) is 19.0 Å². The van der Waals surface area contributed by atoms with Crippen LogP contribution in [-0.2, 0) is 40.5 Å². The second-order valence-corrected chi connectivity index (χ2v) is 17.8. The highest BCUT2D eigenvalue weighted by atomic mass is 32.2. The molecule has 1 aromatic heterocycles. The summed E-state index contributed by atoms with van der Waals surface area (Å²) in [5.41, 5.74) is -0.819. The lowest BCUT2D eigenvalue weighted by molar-refractivity contribution is -0.146. The van der Waals surface area contributed by atoms with Gasteiger partial charge in [-0.3, -0.25) is 14.4 Å². The first-order valence-corrected chi connectivity index (χ1v) is 21.7. The average molecular weight is 806 g/mol. The molecule has 0 spiro atoms. The van der Waals surface area contributed by atoms with Crippen molar-refractivity contribution >= 4 is 62.0 Å². The molecule has 2 aliphatic heterocycles. The van der Waals surface area contributed by atoms with Gasteiger partial charge >= 0.3 is 12.2 Å². The van der Waals surface area contributed by atoms with Gasteiger partial charge in [-0.1, -0.05) is 73.5 Å². The molecule has 7 rings (SSSR count). The number of ether oxygens (including phenoxy) is 2. The second-order valence-electron chi connectivity index (χ2n) is 14.9. The summed E-state index contributed by atoms with van der Waals surface area (Å²) in [7, 11) is -4.23. The number of hydrogen-bond donors (Lipinski definition) is 3. The van der Waals surface area contributed by atoms with Crippen molar-refractivity contribution < 1.29 is 41.9 Å². The lowest BCUT2D eigenvalue weighted by atomic mass is 10.0. The van der Waals surface area contributed by atoms with Crippen molar-refractivity contribution in [1.82, 2.24) is 25.2 Å². The number of nitrogens with zero attached hydrogens (tertiary/aromatic N) is 2. The molecule has 1 saturated heterocycles. The molecule has 1 unspecified atom stereocenters. The smallest absolute Gasteiger partial charge is 0.410 e. The lowest BCUT2D eigenvalue weighted by Crippen LogP contribution is -2.66. The van der Waals surface area contributed by atoms with E-state index in [9.17, 15) is 32.4 Å². The van der Waals surface area contributed by atoms with Crippen LogP contribution in [-0.4, -0.2) is 91.5 Å². The minimum absolute atomic E-state index is 0.0265. The number of fused-ring (bicyclic) bond motifs is 3. The van der Waals surface area contributed by atoms with Crippen LogP contribution >= 0.6 is 11.3 Å². The highest BCUT2D eigenvalue weighted by Crippen LogP contribution is 2.45. The van der Waals surface area contributed by atoms with Crippen molar-refractivity contribution in [3.63, 3.8) is 0 Å². The fourth-order valence-corrected chi connectivity index (χ4v) is 9.92. The highest BCUT2D eigenvalue weighted by molar-refractivity contribution is 7.92. The molecule has 3 N–H and O–H groups in total. The van der Waals surface area contributed by atoms with Gasteiger partial charge in [0.1, 0.15) is 34.5 Å². The van der Waals surface area contributed by atoms with Crippen LogP contribution in [0, 0.1) is 5.92 Å². The van der Waals surface area contributed by atoms with Gasteiger partial charge in [0.25, 0.3) is 15.9 Å². The summed E-state index contributed by atoms with van der Waals surface area (Å²) >= 11 is 0.954. The molecular formula is C40H47N5O9S2. The zero-order valence-corrected chi connectivity index (χ0v) is 32.7. The first-order valence-electron chi connectivity index (χ1n) is 19.3. The lowest BCUT2D eigenvalue weighted by Gasteiger charge is -2.41. The second kappa shape index (κ2) is 17.0. The monoisotopic (exact) mass is 805 g/mol. The Hall–Kier alpha value is -4.96. The number of allylic oxidation sites excluding steroid dienone is 1. The number of thiophene rings is 1. The summed E-state index contributed by atoms with van der Waals surface area (Å²) < 4.78 is 39.8. The van der Waals surface area contributed by atoms with E-state index in [1.807, 2.05) is 54.6 Å². The Morgan fingerprint density at radius 1 is 0.929 bits per heavy atom. The van der Waals surface area contributed by atoms with E-state index >= 15 is 0 Å². The third-order valence-electron chi connectivity index (χ3n) is 11.1. The summed E-state index contributed by atoms with van der Waals surface area (Å²) in [5.74, 6) is -2.67. The molecule has 3 aromatic rings. The van der Waals surface area contributed by atoms with Crippen LogP contribution in [0.3, 0.4) is 0 Å². The van der Waals surface area contributed by atoms with Crippen LogP contribution in [0.2, 0.25) is 0 Å². The highest BCUT2D eigenvalue weighted by Gasteiger charge is 2.61. The molecule has 0 bridgehead atoms. The first-order chi connectivity index (χ1) is 27.0. The fourth-order valence-electron chi connectivity index (χ4n) is 7.89. The Balaban J connectivity index is 1.14. The average Bonchev–Trinajstić information content (AvgIpc) is 3.53. The molecule has 14 nitrogen and oxygen atoms in total. The number of benzene rings is 2. The van der Waals surface area contributed by atoms with Crippen molar-refractivity contribution in [1.29, 1.82) is 0 Å². The molecule has 2 saturated carbocycles. The van der Waals surface area contributed by atoms with Crippen LogP contribution in [0.1, 0.15) is 69.8 Å². The number of sulfonamides is 1. The van der Waals surface area contributed by atoms with E-state index in [1.54, 1.807) is 11.4 Å². The zero-order valence-electron chi connectivity index (χ0n) is 31.0. The maximum Gasteiger partial charge on any atom is 0.410 e. The molecule has 0 radical (unpaired) electrons. The standard InChI is InChI=1S/C40H47N5O9S2/c46-35-33-25-44(39(50)53-26-28-14-10-13-27-12-6-9-18-31(27)28)21-22-45(33)36(47)32(41-38(49)54-30-16-7-8-17-30)19-5-3-1-2-4-15-29-24-40(29,42-35)37(48)43-56(51,52)34-20-11-23-55-34/h4,6,9-15,18,20,23,29-30,32-33H,1-3,5,7-8,16-17,19,21-22,24-26H2,(H,41,49)(H,42,46)(H,43,48)/b15-4+/t29?,32-,33-,40-/m0/s1. The van der Waals surface area contributed by atoms with E-state index in [0.717, 1.165) is 66.2 Å². The maximum absolute atomic E-state index is 14.5. The summed E-state index contributed by atoms with van der Waals surface area (Å²) in [5, 5.41) is 9.09. The number of nitrogens with one attached hydrogen (secondary N) is 3. The Kier molecular flexibility index (Phi) is 12.0. The van der Waals surface area contributed by atoms with E-state index in [0.29, 0.717) is 19.3 Å². The third-order valence-corrected chi connectivity index (χ3v) is 13.8. The molecule has 5 amide bonds. The van der Waals surface area contributed by atoms with Crippen molar-refractivity contribution in [2.24, 2.45) is 5.92 Å². The van der Waals surface area contributed by atoms with Gasteiger partial charge in [0.2, 0.25) is 11.8 Å². The van der Waals surface area contributed by atoms with Gasteiger partial charge in [-0.05, 0) is 79.1 Å². The van der Waals surface area contributed by atoms with Crippen LogP contribution in [0.15, 0.2) is 76.3 Å². The fraction of sp³-hybridized carbons (Fsp3) is 0.475. The zero-order chi connectivity index (χ0) is 39.3. The Morgan fingerprint density at radius 2 is 1.71 bits per heavy atom. The molecule has 16 heteroatoms. The summed E-state index contributed by atoms with van der Waals surface area (Å²) in [6.45, 7) is -0.317. The molecular weight excluding hydrogens is 759 g/mol. The van der Waals surface area contributed by atoms with Gasteiger partial charge in [0.15, 0.2) is 0 Å². The predicted octanol–water partition coefficient (Wildman–Crippen LogP) is 4.99. The molecule has 298 valence electrons. The Labute approximate surface area is 330 Å². The number of carbonyl (C=O) groups excluding carboxylic acids is 5. The van der Waals surface area contributed by atoms with E-state index in [2.05, 4.69) is 15.4 Å². The number of amides is 5. The quantitative estimate of drug-likeness (QED) is 0.278. The molecule has 3 fully saturated rings. The topological polar surface area (TPSA) is 181 Å². The first kappa shape index (κ1) is 39.3. The Bertz CT molecular complexity index is 2080. The van der Waals surface area contributed by atoms with Crippen molar-refractivity contribution in [3.8, 4) is 0 Å². The van der Waals surface area contributed by atoms with Crippen molar-refractivity contribution in [3.05, 3.63) is 77.7 Å². The normalized spacial score (nSPS) is 25.5. The van der Waals surface area contributed by atoms with E-state index < -0.39 is 63.5 Å². The van der Waals surface area contributed by atoms with Gasteiger partial charge in [-0.15, -0.1) is 11.3 Å². The molecule has 2 aromatic carbocycles. The summed E-state index contributed by atoms with van der Waals surface area (Å²) in [6, 6.07) is 14.1. The minimum atomic E-state index is -4.23. The van der Waals surface area contributed by atoms with Crippen molar-refractivity contribution in [2.75, 3.05) is 19.6 Å². The maximum atomic E-state index is 14.5. The van der Waals surface area contributed by atoms with Gasteiger partial charge in [0.05, 0.1) is 6.54 Å². The van der Waals surface area contributed by atoms with Crippen LogP contribution in [0.25, 0.3) is 10.8 Å². The minimum Gasteiger partial charge on any atom is -0.446 e. The van der Waals surface area contributed by atoms with E-state index in [1.165, 1.54) is 15.9 Å². The molecule has 4 atom stereocenters. The third kappa shape index (κ3) is 8.86. The van der Waals surface area contributed by atoms with Gasteiger partial charge in [-0.2, -0.15) is 0 Å². The van der Waals surface area contributed by atoms with Gasteiger partial charge < -0.3 is 29.9 Å².